The molecule has 0 rings (SSSR count). The van der Waals surface area contributed by atoms with E-state index in [1.54, 1.807) is 0 Å². The lowest BCUT2D eigenvalue weighted by Crippen LogP contribution is -2.39. The van der Waals surface area contributed by atoms with Crippen molar-refractivity contribution in [3.05, 3.63) is 0 Å². The molecule has 0 amide bonds. The predicted molar refractivity (Wildman–Crippen MR) is 62.1 cm³/mol. The molecule has 0 aromatic heterocycles. The molecular formula is C11H23F3N2O. The Morgan fingerprint density at radius 3 is 2.35 bits per heavy atom. The van der Waals surface area contributed by atoms with E-state index in [0.717, 1.165) is 6.42 Å². The average Bonchev–Trinajstić information content (AvgIpc) is 2.21. The van der Waals surface area contributed by atoms with Crippen LogP contribution < -0.4 is 5.32 Å². The van der Waals surface area contributed by atoms with Crippen LogP contribution in [0.5, 0.6) is 0 Å². The average molecular weight is 256 g/mol. The van der Waals surface area contributed by atoms with Gasteiger partial charge < -0.3 is 10.1 Å². The molecule has 0 saturated heterocycles. The van der Waals surface area contributed by atoms with Crippen molar-refractivity contribution in [2.75, 3.05) is 45.9 Å². The molecule has 0 saturated carbocycles. The summed E-state index contributed by atoms with van der Waals surface area (Å²) in [4.78, 5) is 1.42. The van der Waals surface area contributed by atoms with Gasteiger partial charge in [0.15, 0.2) is 0 Å². The van der Waals surface area contributed by atoms with E-state index in [4.69, 9.17) is 4.74 Å². The molecule has 0 unspecified atom stereocenters. The van der Waals surface area contributed by atoms with Crippen LogP contribution in [0, 0.1) is 0 Å². The first-order valence-corrected chi connectivity index (χ1v) is 6.07. The van der Waals surface area contributed by atoms with E-state index in [1.807, 2.05) is 13.8 Å². The molecule has 17 heavy (non-hydrogen) atoms. The van der Waals surface area contributed by atoms with E-state index in [0.29, 0.717) is 39.4 Å². The second-order valence-electron chi connectivity index (χ2n) is 3.84. The molecule has 0 radical (unpaired) electrons. The summed E-state index contributed by atoms with van der Waals surface area (Å²) in [5.41, 5.74) is 0. The van der Waals surface area contributed by atoms with Crippen LogP contribution in [-0.4, -0.2) is 57.0 Å². The fraction of sp³-hybridized carbons (Fsp3) is 1.00. The van der Waals surface area contributed by atoms with Crippen molar-refractivity contribution in [1.82, 2.24) is 10.2 Å². The van der Waals surface area contributed by atoms with Crippen molar-refractivity contribution < 1.29 is 17.9 Å². The van der Waals surface area contributed by atoms with Gasteiger partial charge in [0.2, 0.25) is 0 Å². The molecule has 0 heterocycles. The van der Waals surface area contributed by atoms with E-state index in [9.17, 15) is 13.2 Å². The van der Waals surface area contributed by atoms with Gasteiger partial charge in [-0.15, -0.1) is 0 Å². The molecule has 1 N–H and O–H groups in total. The Morgan fingerprint density at radius 2 is 1.82 bits per heavy atom. The first kappa shape index (κ1) is 16.7. The van der Waals surface area contributed by atoms with Gasteiger partial charge in [0.25, 0.3) is 0 Å². The number of alkyl halides is 3. The van der Waals surface area contributed by atoms with Crippen molar-refractivity contribution in [3.8, 4) is 0 Å². The third kappa shape index (κ3) is 11.9. The SMILES string of the molecule is CCCN(CCNCCOCC)CC(F)(F)F. The molecule has 0 bridgehead atoms. The van der Waals surface area contributed by atoms with Crippen molar-refractivity contribution in [3.63, 3.8) is 0 Å². The molecule has 0 aliphatic rings. The summed E-state index contributed by atoms with van der Waals surface area (Å²) in [6, 6.07) is 0. The maximum absolute atomic E-state index is 12.2. The van der Waals surface area contributed by atoms with E-state index in [2.05, 4.69) is 5.32 Å². The van der Waals surface area contributed by atoms with E-state index < -0.39 is 12.7 Å². The van der Waals surface area contributed by atoms with Crippen LogP contribution in [0.1, 0.15) is 20.3 Å². The molecule has 6 heteroatoms. The van der Waals surface area contributed by atoms with Gasteiger partial charge in [0, 0.05) is 26.2 Å². The summed E-state index contributed by atoms with van der Waals surface area (Å²) in [7, 11) is 0. The number of hydrogen-bond acceptors (Lipinski definition) is 3. The monoisotopic (exact) mass is 256 g/mol. The van der Waals surface area contributed by atoms with E-state index in [1.165, 1.54) is 4.90 Å². The number of nitrogens with zero attached hydrogens (tertiary/aromatic N) is 1. The molecule has 104 valence electrons. The Bertz CT molecular complexity index is 177. The minimum atomic E-state index is -4.11. The van der Waals surface area contributed by atoms with E-state index in [-0.39, 0.29) is 0 Å². The molecule has 3 nitrogen and oxygen atoms in total. The molecule has 0 aliphatic heterocycles. The second-order valence-corrected chi connectivity index (χ2v) is 3.84. The Hall–Kier alpha value is -0.330. The highest BCUT2D eigenvalue weighted by molar-refractivity contribution is 4.64. The summed E-state index contributed by atoms with van der Waals surface area (Å²) in [6.07, 6.45) is -3.38. The van der Waals surface area contributed by atoms with Crippen molar-refractivity contribution >= 4 is 0 Å². The van der Waals surface area contributed by atoms with Gasteiger partial charge in [-0.3, -0.25) is 4.90 Å². The first-order valence-electron chi connectivity index (χ1n) is 6.07. The van der Waals surface area contributed by atoms with Crippen LogP contribution in [0.15, 0.2) is 0 Å². The molecule has 0 aromatic carbocycles. The summed E-state index contributed by atoms with van der Waals surface area (Å²) >= 11 is 0. The number of rotatable bonds is 10. The van der Waals surface area contributed by atoms with Crippen molar-refractivity contribution in [2.24, 2.45) is 0 Å². The third-order valence-corrected chi connectivity index (χ3v) is 2.17. The van der Waals surface area contributed by atoms with Gasteiger partial charge in [-0.2, -0.15) is 13.2 Å². The number of halogens is 3. The predicted octanol–water partition coefficient (Wildman–Crippen LogP) is 1.89. The number of nitrogens with one attached hydrogen (secondary N) is 1. The zero-order valence-electron chi connectivity index (χ0n) is 10.6. The number of hydrogen-bond donors (Lipinski definition) is 1. The first-order chi connectivity index (χ1) is 7.99. The Morgan fingerprint density at radius 1 is 1.12 bits per heavy atom. The lowest BCUT2D eigenvalue weighted by molar-refractivity contribution is -0.145. The van der Waals surface area contributed by atoms with Crippen LogP contribution in [-0.2, 0) is 4.74 Å². The smallest absolute Gasteiger partial charge is 0.380 e. The molecule has 0 aliphatic carbocycles. The van der Waals surface area contributed by atoms with Crippen LogP contribution >= 0.6 is 0 Å². The van der Waals surface area contributed by atoms with Crippen LogP contribution in [0.25, 0.3) is 0 Å². The largest absolute Gasteiger partial charge is 0.401 e. The quantitative estimate of drug-likeness (QED) is 0.604. The van der Waals surface area contributed by atoms with Gasteiger partial charge in [-0.1, -0.05) is 6.92 Å². The minimum Gasteiger partial charge on any atom is -0.380 e. The topological polar surface area (TPSA) is 24.5 Å². The van der Waals surface area contributed by atoms with Crippen molar-refractivity contribution in [2.45, 2.75) is 26.4 Å². The molecule has 0 spiro atoms. The Balaban J connectivity index is 3.63. The highest BCUT2D eigenvalue weighted by Gasteiger charge is 2.29. The Kier molecular flexibility index (Phi) is 9.49. The van der Waals surface area contributed by atoms with Crippen LogP contribution in [0.3, 0.4) is 0 Å². The molecular weight excluding hydrogens is 233 g/mol. The highest BCUT2D eigenvalue weighted by atomic mass is 19.4. The van der Waals surface area contributed by atoms with Gasteiger partial charge in [0.05, 0.1) is 13.2 Å². The Labute approximate surface area is 101 Å². The normalized spacial score (nSPS) is 12.4. The third-order valence-electron chi connectivity index (χ3n) is 2.17. The van der Waals surface area contributed by atoms with Crippen molar-refractivity contribution in [1.29, 1.82) is 0 Å². The molecule has 0 aromatic rings. The lowest BCUT2D eigenvalue weighted by atomic mass is 10.4. The minimum absolute atomic E-state index is 0.416. The summed E-state index contributed by atoms with van der Waals surface area (Å²) < 4.78 is 41.8. The fourth-order valence-corrected chi connectivity index (χ4v) is 1.49. The lowest BCUT2D eigenvalue weighted by Gasteiger charge is -2.23. The molecule has 0 fully saturated rings. The van der Waals surface area contributed by atoms with Crippen LogP contribution in [0.4, 0.5) is 13.2 Å². The standard InChI is InChI=1S/C11H23F3N2O/c1-3-7-16(10-11(12,13)14)8-5-15-6-9-17-4-2/h15H,3-10H2,1-2H3. The highest BCUT2D eigenvalue weighted by Crippen LogP contribution is 2.16. The molecule has 0 atom stereocenters. The van der Waals surface area contributed by atoms with Gasteiger partial charge in [0.1, 0.15) is 0 Å². The zero-order valence-corrected chi connectivity index (χ0v) is 10.6. The van der Waals surface area contributed by atoms with Gasteiger partial charge >= 0.3 is 6.18 Å². The second kappa shape index (κ2) is 9.67. The van der Waals surface area contributed by atoms with Gasteiger partial charge in [-0.05, 0) is 19.9 Å². The fourth-order valence-electron chi connectivity index (χ4n) is 1.49. The van der Waals surface area contributed by atoms with Crippen LogP contribution in [0.2, 0.25) is 0 Å². The van der Waals surface area contributed by atoms with E-state index >= 15 is 0 Å². The number of ether oxygens (including phenoxy) is 1. The summed E-state index contributed by atoms with van der Waals surface area (Å²) in [6.45, 7) is 6.36. The summed E-state index contributed by atoms with van der Waals surface area (Å²) in [5, 5.41) is 3.06. The summed E-state index contributed by atoms with van der Waals surface area (Å²) in [5.74, 6) is 0. The zero-order chi connectivity index (χ0) is 13.1. The maximum Gasteiger partial charge on any atom is 0.401 e. The maximum atomic E-state index is 12.2. The van der Waals surface area contributed by atoms with Gasteiger partial charge in [-0.25, -0.2) is 0 Å².